The number of hydrogen-bond donors (Lipinski definition) is 1. The van der Waals surface area contributed by atoms with Crippen LogP contribution in [0.5, 0.6) is 0 Å². The van der Waals surface area contributed by atoms with Gasteiger partial charge in [0.1, 0.15) is 0 Å². The molecule has 1 aromatic heterocycles. The van der Waals surface area contributed by atoms with Gasteiger partial charge in [-0.2, -0.15) is 0 Å². The summed E-state index contributed by atoms with van der Waals surface area (Å²) in [4.78, 5) is 0. The third-order valence-electron chi connectivity index (χ3n) is 3.19. The summed E-state index contributed by atoms with van der Waals surface area (Å²) in [5.74, 6) is 1.41. The monoisotopic (exact) mass is 281 g/mol. The minimum atomic E-state index is 0.635. The van der Waals surface area contributed by atoms with E-state index in [1.165, 1.54) is 28.5 Å². The predicted molar refractivity (Wildman–Crippen MR) is 82.6 cm³/mol. The number of fused-ring (bicyclic) bond motifs is 1. The highest BCUT2D eigenvalue weighted by Gasteiger charge is 2.03. The van der Waals surface area contributed by atoms with Crippen molar-refractivity contribution in [2.75, 3.05) is 12.4 Å². The molecule has 1 aromatic carbocycles. The summed E-state index contributed by atoms with van der Waals surface area (Å²) in [6, 6.07) is 8.61. The molecule has 0 saturated carbocycles. The van der Waals surface area contributed by atoms with Crippen molar-refractivity contribution in [2.24, 2.45) is 5.92 Å². The Morgan fingerprint density at radius 2 is 2.17 bits per heavy atom. The molecule has 0 fully saturated rings. The SMILES string of the molecule is CC(CCl)CCCNCc1csc2ccccc12. The van der Waals surface area contributed by atoms with Crippen LogP contribution in [0.3, 0.4) is 0 Å². The van der Waals surface area contributed by atoms with Gasteiger partial charge in [0.25, 0.3) is 0 Å². The number of thiophene rings is 1. The van der Waals surface area contributed by atoms with Gasteiger partial charge < -0.3 is 5.32 Å². The van der Waals surface area contributed by atoms with Gasteiger partial charge in [0, 0.05) is 17.1 Å². The Morgan fingerprint density at radius 3 is 3.00 bits per heavy atom. The second-order valence-electron chi connectivity index (χ2n) is 4.84. The second kappa shape index (κ2) is 7.13. The standard InChI is InChI=1S/C15H20ClNS/c1-12(9-16)5-4-8-17-10-13-11-18-15-7-3-2-6-14(13)15/h2-3,6-7,11-12,17H,4-5,8-10H2,1H3. The van der Waals surface area contributed by atoms with E-state index in [1.807, 2.05) is 11.3 Å². The fourth-order valence-corrected chi connectivity index (χ4v) is 3.16. The molecule has 1 unspecified atom stereocenters. The number of rotatable bonds is 7. The van der Waals surface area contributed by atoms with Crippen LogP contribution < -0.4 is 5.32 Å². The van der Waals surface area contributed by atoms with E-state index < -0.39 is 0 Å². The number of alkyl halides is 1. The Kier molecular flexibility index (Phi) is 5.48. The molecule has 1 nitrogen and oxygen atoms in total. The Labute approximate surface area is 118 Å². The molecular formula is C15H20ClNS. The van der Waals surface area contributed by atoms with Crippen LogP contribution in [0.2, 0.25) is 0 Å². The van der Waals surface area contributed by atoms with Crippen LogP contribution in [0.1, 0.15) is 25.3 Å². The number of benzene rings is 1. The van der Waals surface area contributed by atoms with Crippen LogP contribution in [0, 0.1) is 5.92 Å². The van der Waals surface area contributed by atoms with E-state index in [0.29, 0.717) is 5.92 Å². The molecule has 2 rings (SSSR count). The lowest BCUT2D eigenvalue weighted by Gasteiger charge is -2.07. The molecule has 3 heteroatoms. The molecule has 1 atom stereocenters. The predicted octanol–water partition coefficient (Wildman–Crippen LogP) is 4.65. The van der Waals surface area contributed by atoms with E-state index in [0.717, 1.165) is 19.0 Å². The molecule has 0 amide bonds. The van der Waals surface area contributed by atoms with Crippen molar-refractivity contribution in [3.05, 3.63) is 35.2 Å². The molecule has 1 heterocycles. The lowest BCUT2D eigenvalue weighted by Crippen LogP contribution is -2.15. The van der Waals surface area contributed by atoms with Gasteiger partial charge >= 0.3 is 0 Å². The smallest absolute Gasteiger partial charge is 0.0346 e. The van der Waals surface area contributed by atoms with Crippen LogP contribution in [-0.4, -0.2) is 12.4 Å². The van der Waals surface area contributed by atoms with Crippen LogP contribution >= 0.6 is 22.9 Å². The van der Waals surface area contributed by atoms with Crippen molar-refractivity contribution in [2.45, 2.75) is 26.3 Å². The van der Waals surface area contributed by atoms with Crippen molar-refractivity contribution in [1.82, 2.24) is 5.32 Å². The molecular weight excluding hydrogens is 262 g/mol. The second-order valence-corrected chi connectivity index (χ2v) is 6.06. The summed E-state index contributed by atoms with van der Waals surface area (Å²) in [7, 11) is 0. The zero-order valence-electron chi connectivity index (χ0n) is 10.8. The van der Waals surface area contributed by atoms with E-state index >= 15 is 0 Å². The zero-order valence-corrected chi connectivity index (χ0v) is 12.4. The first-order valence-electron chi connectivity index (χ1n) is 6.53. The first kappa shape index (κ1) is 13.9. The molecule has 0 bridgehead atoms. The van der Waals surface area contributed by atoms with Crippen molar-refractivity contribution in [1.29, 1.82) is 0 Å². The first-order chi connectivity index (χ1) is 8.81. The molecule has 1 N–H and O–H groups in total. The lowest BCUT2D eigenvalue weighted by molar-refractivity contribution is 0.532. The molecule has 0 spiro atoms. The third kappa shape index (κ3) is 3.71. The van der Waals surface area contributed by atoms with E-state index in [1.54, 1.807) is 0 Å². The minimum Gasteiger partial charge on any atom is -0.313 e. The van der Waals surface area contributed by atoms with Gasteiger partial charge in [0.2, 0.25) is 0 Å². The van der Waals surface area contributed by atoms with Crippen molar-refractivity contribution in [3.63, 3.8) is 0 Å². The summed E-state index contributed by atoms with van der Waals surface area (Å²) in [6.07, 6.45) is 2.41. The summed E-state index contributed by atoms with van der Waals surface area (Å²) in [5.41, 5.74) is 1.42. The maximum atomic E-state index is 5.79. The molecule has 0 aliphatic carbocycles. The third-order valence-corrected chi connectivity index (χ3v) is 4.73. The Morgan fingerprint density at radius 1 is 1.33 bits per heavy atom. The van der Waals surface area contributed by atoms with Gasteiger partial charge in [-0.25, -0.2) is 0 Å². The molecule has 0 saturated heterocycles. The van der Waals surface area contributed by atoms with E-state index in [-0.39, 0.29) is 0 Å². The highest BCUT2D eigenvalue weighted by atomic mass is 35.5. The molecule has 18 heavy (non-hydrogen) atoms. The Hall–Kier alpha value is -0.570. The Balaban J connectivity index is 1.77. The number of hydrogen-bond acceptors (Lipinski definition) is 2. The van der Waals surface area contributed by atoms with Gasteiger partial charge in [-0.15, -0.1) is 22.9 Å². The number of halogens is 1. The van der Waals surface area contributed by atoms with Crippen LogP contribution in [0.4, 0.5) is 0 Å². The number of nitrogens with one attached hydrogen (secondary N) is 1. The highest BCUT2D eigenvalue weighted by molar-refractivity contribution is 7.17. The van der Waals surface area contributed by atoms with Gasteiger partial charge in [-0.1, -0.05) is 25.1 Å². The first-order valence-corrected chi connectivity index (χ1v) is 7.94. The molecule has 0 aliphatic heterocycles. The average Bonchev–Trinajstić information content (AvgIpc) is 2.81. The zero-order chi connectivity index (χ0) is 12.8. The maximum absolute atomic E-state index is 5.79. The van der Waals surface area contributed by atoms with Crippen LogP contribution in [-0.2, 0) is 6.54 Å². The summed E-state index contributed by atoms with van der Waals surface area (Å²) < 4.78 is 1.38. The van der Waals surface area contributed by atoms with Gasteiger partial charge in [-0.05, 0) is 47.7 Å². The van der Waals surface area contributed by atoms with Crippen LogP contribution in [0.15, 0.2) is 29.6 Å². The van der Waals surface area contributed by atoms with Gasteiger partial charge in [-0.3, -0.25) is 0 Å². The van der Waals surface area contributed by atoms with E-state index in [4.69, 9.17) is 11.6 Å². The van der Waals surface area contributed by atoms with Crippen LogP contribution in [0.25, 0.3) is 10.1 Å². The van der Waals surface area contributed by atoms with Gasteiger partial charge in [0.05, 0.1) is 0 Å². The normalized spacial score (nSPS) is 13.0. The van der Waals surface area contributed by atoms with Gasteiger partial charge in [0.15, 0.2) is 0 Å². The molecule has 0 aliphatic rings. The largest absolute Gasteiger partial charge is 0.313 e. The molecule has 0 radical (unpaired) electrons. The summed E-state index contributed by atoms with van der Waals surface area (Å²) in [6.45, 7) is 4.25. The van der Waals surface area contributed by atoms with E-state index in [9.17, 15) is 0 Å². The highest BCUT2D eigenvalue weighted by Crippen LogP contribution is 2.25. The van der Waals surface area contributed by atoms with Crippen molar-refractivity contribution < 1.29 is 0 Å². The summed E-state index contributed by atoms with van der Waals surface area (Å²) >= 11 is 7.62. The molecule has 2 aromatic rings. The quantitative estimate of drug-likeness (QED) is 0.576. The fourth-order valence-electron chi connectivity index (χ4n) is 2.05. The minimum absolute atomic E-state index is 0.635. The van der Waals surface area contributed by atoms with Crippen molar-refractivity contribution in [3.8, 4) is 0 Å². The molecule has 98 valence electrons. The average molecular weight is 282 g/mol. The summed E-state index contributed by atoms with van der Waals surface area (Å²) in [5, 5.41) is 7.18. The lowest BCUT2D eigenvalue weighted by atomic mass is 10.1. The van der Waals surface area contributed by atoms with Crippen molar-refractivity contribution >= 4 is 33.0 Å². The topological polar surface area (TPSA) is 12.0 Å². The fraction of sp³-hybridized carbons (Fsp3) is 0.467. The van der Waals surface area contributed by atoms with E-state index in [2.05, 4.69) is 41.9 Å². The Bertz CT molecular complexity index is 480. The maximum Gasteiger partial charge on any atom is 0.0346 e.